The molecule has 1 aliphatic heterocycles. The third-order valence-corrected chi connectivity index (χ3v) is 3.54. The van der Waals surface area contributed by atoms with Crippen molar-refractivity contribution in [2.24, 2.45) is 5.92 Å². The molecule has 0 aliphatic carbocycles. The lowest BCUT2D eigenvalue weighted by Gasteiger charge is -2.38. The number of rotatable bonds is 3. The van der Waals surface area contributed by atoms with Crippen LogP contribution in [0.3, 0.4) is 0 Å². The summed E-state index contributed by atoms with van der Waals surface area (Å²) in [6, 6.07) is 9.27. The van der Waals surface area contributed by atoms with E-state index in [0.717, 1.165) is 5.56 Å². The highest BCUT2D eigenvalue weighted by Gasteiger charge is 2.43. The second-order valence-electron chi connectivity index (χ2n) is 5.68. The first kappa shape index (κ1) is 13.6. The van der Waals surface area contributed by atoms with Gasteiger partial charge in [-0.05, 0) is 18.4 Å². The summed E-state index contributed by atoms with van der Waals surface area (Å²) >= 11 is 0. The molecule has 0 spiro atoms. The van der Waals surface area contributed by atoms with E-state index in [-0.39, 0.29) is 17.7 Å². The van der Waals surface area contributed by atoms with E-state index in [1.165, 1.54) is 0 Å². The Kier molecular flexibility index (Phi) is 3.60. The fourth-order valence-electron chi connectivity index (χ4n) is 2.37. The van der Waals surface area contributed by atoms with E-state index < -0.39 is 11.6 Å². The normalized spacial score (nSPS) is 27.1. The van der Waals surface area contributed by atoms with Crippen molar-refractivity contribution in [2.75, 3.05) is 0 Å². The van der Waals surface area contributed by atoms with Gasteiger partial charge >= 0.3 is 0 Å². The molecule has 1 fully saturated rings. The minimum atomic E-state index is -0.871. The van der Waals surface area contributed by atoms with Gasteiger partial charge in [0, 0.05) is 6.42 Å². The summed E-state index contributed by atoms with van der Waals surface area (Å²) in [4.78, 5) is 24.3. The second kappa shape index (κ2) is 5.03. The van der Waals surface area contributed by atoms with Gasteiger partial charge in [0.25, 0.3) is 0 Å². The molecular weight excluding hydrogens is 240 g/mol. The fraction of sp³-hybridized carbons (Fsp3) is 0.467. The van der Waals surface area contributed by atoms with Crippen LogP contribution in [0.2, 0.25) is 0 Å². The Balaban J connectivity index is 2.16. The fourth-order valence-corrected chi connectivity index (χ4v) is 2.37. The molecule has 0 unspecified atom stereocenters. The van der Waals surface area contributed by atoms with Crippen LogP contribution in [0.15, 0.2) is 30.3 Å². The van der Waals surface area contributed by atoms with E-state index in [9.17, 15) is 9.59 Å². The van der Waals surface area contributed by atoms with E-state index in [0.29, 0.717) is 6.42 Å². The van der Waals surface area contributed by atoms with Crippen molar-refractivity contribution in [1.82, 2.24) is 10.6 Å². The quantitative estimate of drug-likeness (QED) is 0.859. The molecule has 4 heteroatoms. The minimum Gasteiger partial charge on any atom is -0.342 e. The Bertz CT molecular complexity index is 484. The standard InChI is InChI=1S/C15H20N2O2/c1-10(2)12-13(18)17-15(3,14(19)16-12)9-11-7-5-4-6-8-11/h4-8,10,12H,9H2,1-3H3,(H,16,19)(H,17,18)/t12-,15-/m0/s1. The van der Waals surface area contributed by atoms with Crippen molar-refractivity contribution in [1.29, 1.82) is 0 Å². The van der Waals surface area contributed by atoms with Crippen molar-refractivity contribution < 1.29 is 9.59 Å². The van der Waals surface area contributed by atoms with Gasteiger partial charge in [-0.15, -0.1) is 0 Å². The largest absolute Gasteiger partial charge is 0.342 e. The van der Waals surface area contributed by atoms with Crippen molar-refractivity contribution in [2.45, 2.75) is 38.8 Å². The number of benzene rings is 1. The molecule has 0 radical (unpaired) electrons. The SMILES string of the molecule is CC(C)[C@@H]1NC(=O)[C@](C)(Cc2ccccc2)NC1=O. The molecule has 0 saturated carbocycles. The number of piperazine rings is 1. The van der Waals surface area contributed by atoms with Crippen molar-refractivity contribution in [3.8, 4) is 0 Å². The summed E-state index contributed by atoms with van der Waals surface area (Å²) in [5.41, 5.74) is 0.160. The highest BCUT2D eigenvalue weighted by Crippen LogP contribution is 2.19. The lowest BCUT2D eigenvalue weighted by molar-refractivity contribution is -0.142. The molecule has 19 heavy (non-hydrogen) atoms. The molecule has 102 valence electrons. The maximum Gasteiger partial charge on any atom is 0.246 e. The van der Waals surface area contributed by atoms with Crippen LogP contribution in [0.1, 0.15) is 26.3 Å². The van der Waals surface area contributed by atoms with Crippen molar-refractivity contribution in [3.05, 3.63) is 35.9 Å². The first-order valence-electron chi connectivity index (χ1n) is 6.59. The summed E-state index contributed by atoms with van der Waals surface area (Å²) in [5, 5.41) is 5.70. The predicted octanol–water partition coefficient (Wildman–Crippen LogP) is 1.26. The number of nitrogens with one attached hydrogen (secondary N) is 2. The molecule has 2 N–H and O–H groups in total. The van der Waals surface area contributed by atoms with Crippen LogP contribution in [0.25, 0.3) is 0 Å². The highest BCUT2D eigenvalue weighted by atomic mass is 16.2. The topological polar surface area (TPSA) is 58.2 Å². The van der Waals surface area contributed by atoms with Gasteiger partial charge < -0.3 is 10.6 Å². The van der Waals surface area contributed by atoms with E-state index in [1.54, 1.807) is 6.92 Å². The van der Waals surface area contributed by atoms with Gasteiger partial charge in [0.05, 0.1) is 0 Å². The summed E-state index contributed by atoms with van der Waals surface area (Å²) in [7, 11) is 0. The Morgan fingerprint density at radius 2 is 1.84 bits per heavy atom. The van der Waals surface area contributed by atoms with E-state index >= 15 is 0 Å². The third kappa shape index (κ3) is 2.78. The van der Waals surface area contributed by atoms with Gasteiger partial charge in [-0.3, -0.25) is 9.59 Å². The Hall–Kier alpha value is -1.84. The highest BCUT2D eigenvalue weighted by molar-refractivity contribution is 5.99. The predicted molar refractivity (Wildman–Crippen MR) is 73.5 cm³/mol. The molecule has 1 aliphatic rings. The maximum atomic E-state index is 12.3. The molecule has 1 aromatic carbocycles. The summed E-state index contributed by atoms with van der Waals surface area (Å²) in [6.07, 6.45) is 0.496. The van der Waals surface area contributed by atoms with E-state index in [1.807, 2.05) is 44.2 Å². The second-order valence-corrected chi connectivity index (χ2v) is 5.68. The first-order valence-corrected chi connectivity index (χ1v) is 6.59. The van der Waals surface area contributed by atoms with Gasteiger partial charge in [-0.25, -0.2) is 0 Å². The number of carbonyl (C=O) groups excluding carboxylic acids is 2. The number of hydrogen-bond donors (Lipinski definition) is 2. The smallest absolute Gasteiger partial charge is 0.246 e. The van der Waals surface area contributed by atoms with Crippen LogP contribution in [-0.4, -0.2) is 23.4 Å². The Morgan fingerprint density at radius 3 is 2.42 bits per heavy atom. The lowest BCUT2D eigenvalue weighted by Crippen LogP contribution is -2.69. The van der Waals surface area contributed by atoms with E-state index in [2.05, 4.69) is 10.6 Å². The number of amides is 2. The molecule has 0 aromatic heterocycles. The molecule has 1 heterocycles. The van der Waals surface area contributed by atoms with Gasteiger partial charge in [0.2, 0.25) is 11.8 Å². The third-order valence-electron chi connectivity index (χ3n) is 3.54. The van der Waals surface area contributed by atoms with Gasteiger partial charge in [-0.2, -0.15) is 0 Å². The zero-order valence-corrected chi connectivity index (χ0v) is 11.6. The molecular formula is C15H20N2O2. The lowest BCUT2D eigenvalue weighted by atomic mass is 9.87. The summed E-state index contributed by atoms with van der Waals surface area (Å²) < 4.78 is 0. The molecule has 2 atom stereocenters. The van der Waals surface area contributed by atoms with Crippen LogP contribution < -0.4 is 10.6 Å². The van der Waals surface area contributed by atoms with Crippen LogP contribution in [-0.2, 0) is 16.0 Å². The minimum absolute atomic E-state index is 0.0882. The van der Waals surface area contributed by atoms with Crippen LogP contribution in [0.4, 0.5) is 0 Å². The van der Waals surface area contributed by atoms with Gasteiger partial charge in [0.15, 0.2) is 0 Å². The van der Waals surface area contributed by atoms with Crippen LogP contribution >= 0.6 is 0 Å². The van der Waals surface area contributed by atoms with E-state index in [4.69, 9.17) is 0 Å². The van der Waals surface area contributed by atoms with Crippen molar-refractivity contribution in [3.63, 3.8) is 0 Å². The molecule has 2 amide bonds. The molecule has 1 aromatic rings. The monoisotopic (exact) mass is 260 g/mol. The number of carbonyl (C=O) groups is 2. The van der Waals surface area contributed by atoms with Crippen LogP contribution in [0.5, 0.6) is 0 Å². The average molecular weight is 260 g/mol. The summed E-state index contributed by atoms with van der Waals surface area (Å²) in [5.74, 6) is -0.132. The number of hydrogen-bond acceptors (Lipinski definition) is 2. The molecule has 0 bridgehead atoms. The average Bonchev–Trinajstić information content (AvgIpc) is 2.34. The molecule has 4 nitrogen and oxygen atoms in total. The molecule has 2 rings (SSSR count). The zero-order valence-electron chi connectivity index (χ0n) is 11.6. The molecule has 1 saturated heterocycles. The van der Waals surface area contributed by atoms with Gasteiger partial charge in [0.1, 0.15) is 11.6 Å². The van der Waals surface area contributed by atoms with Crippen molar-refractivity contribution >= 4 is 11.8 Å². The maximum absolute atomic E-state index is 12.3. The van der Waals surface area contributed by atoms with Crippen LogP contribution in [0, 0.1) is 5.92 Å². The zero-order chi connectivity index (χ0) is 14.0. The van der Waals surface area contributed by atoms with Gasteiger partial charge in [-0.1, -0.05) is 44.2 Å². The summed E-state index contributed by atoms with van der Waals surface area (Å²) in [6.45, 7) is 5.61. The Labute approximate surface area is 113 Å². The first-order chi connectivity index (χ1) is 8.92. The Morgan fingerprint density at radius 1 is 1.21 bits per heavy atom.